The average molecular weight is 466 g/mol. The van der Waals surface area contributed by atoms with Crippen molar-refractivity contribution in [3.05, 3.63) is 53.8 Å². The number of para-hydroxylation sites is 1. The zero-order chi connectivity index (χ0) is 23.1. The fourth-order valence-electron chi connectivity index (χ4n) is 3.58. The molecule has 0 aliphatic carbocycles. The van der Waals surface area contributed by atoms with Gasteiger partial charge in [0, 0.05) is 38.8 Å². The quantitative estimate of drug-likeness (QED) is 0.571. The van der Waals surface area contributed by atoms with Crippen molar-refractivity contribution in [2.75, 3.05) is 57.6 Å². The molecule has 1 heterocycles. The number of amides is 1. The van der Waals surface area contributed by atoms with Gasteiger partial charge >= 0.3 is 0 Å². The molecule has 1 aliphatic rings. The Morgan fingerprint density at radius 3 is 2.44 bits per heavy atom. The number of nitrogens with one attached hydrogen (secondary N) is 1. The van der Waals surface area contributed by atoms with Gasteiger partial charge in [-0.25, -0.2) is 12.8 Å². The van der Waals surface area contributed by atoms with Crippen LogP contribution in [0.5, 0.6) is 11.5 Å². The standard InChI is InChI=1S/C22H28FN3O5S/c1-30-17-8-9-18(21(16-17)31-2)22(27)24-10-5-15-32(28,29)26-13-11-25(12-14-26)20-7-4-3-6-19(20)23/h3-4,6-9,16H,5,10-15H2,1-2H3,(H,24,27). The number of hydrogen-bond acceptors (Lipinski definition) is 6. The van der Waals surface area contributed by atoms with Gasteiger partial charge in [0.05, 0.1) is 31.2 Å². The van der Waals surface area contributed by atoms with Crippen LogP contribution in [0.1, 0.15) is 16.8 Å². The van der Waals surface area contributed by atoms with Crippen LogP contribution < -0.4 is 19.7 Å². The van der Waals surface area contributed by atoms with Gasteiger partial charge in [-0.2, -0.15) is 4.31 Å². The third kappa shape index (κ3) is 5.68. The maximum Gasteiger partial charge on any atom is 0.255 e. The molecule has 1 aliphatic heterocycles. The van der Waals surface area contributed by atoms with Crippen LogP contribution >= 0.6 is 0 Å². The zero-order valence-corrected chi connectivity index (χ0v) is 19.0. The minimum atomic E-state index is -3.46. The topological polar surface area (TPSA) is 88.2 Å². The van der Waals surface area contributed by atoms with Gasteiger partial charge in [0.2, 0.25) is 10.0 Å². The van der Waals surface area contributed by atoms with E-state index in [0.29, 0.717) is 48.9 Å². The Labute approximate surface area is 188 Å². The summed E-state index contributed by atoms with van der Waals surface area (Å²) in [4.78, 5) is 14.3. The fourth-order valence-corrected chi connectivity index (χ4v) is 5.07. The predicted octanol–water partition coefficient (Wildman–Crippen LogP) is 2.11. The highest BCUT2D eigenvalue weighted by atomic mass is 32.2. The molecule has 1 saturated heterocycles. The summed E-state index contributed by atoms with van der Waals surface area (Å²) in [6.45, 7) is 1.66. The molecule has 1 amide bonds. The van der Waals surface area contributed by atoms with Gasteiger partial charge in [-0.3, -0.25) is 4.79 Å². The molecule has 10 heteroatoms. The van der Waals surface area contributed by atoms with E-state index >= 15 is 0 Å². The highest BCUT2D eigenvalue weighted by molar-refractivity contribution is 7.89. The van der Waals surface area contributed by atoms with Gasteiger partial charge < -0.3 is 19.7 Å². The smallest absolute Gasteiger partial charge is 0.255 e. The molecule has 174 valence electrons. The molecule has 0 aromatic heterocycles. The zero-order valence-electron chi connectivity index (χ0n) is 18.2. The first-order valence-corrected chi connectivity index (χ1v) is 11.9. The molecule has 32 heavy (non-hydrogen) atoms. The lowest BCUT2D eigenvalue weighted by Gasteiger charge is -2.35. The van der Waals surface area contributed by atoms with Crippen molar-refractivity contribution in [1.82, 2.24) is 9.62 Å². The second-order valence-electron chi connectivity index (χ2n) is 7.33. The first-order chi connectivity index (χ1) is 15.4. The Hall–Kier alpha value is -2.85. The number of sulfonamides is 1. The molecule has 1 fully saturated rings. The van der Waals surface area contributed by atoms with Crippen LogP contribution in [-0.2, 0) is 10.0 Å². The minimum Gasteiger partial charge on any atom is -0.497 e. The lowest BCUT2D eigenvalue weighted by atomic mass is 10.1. The number of rotatable bonds is 9. The molecule has 2 aromatic rings. The third-order valence-electron chi connectivity index (χ3n) is 5.34. The second kappa shape index (κ2) is 10.6. The summed E-state index contributed by atoms with van der Waals surface area (Å²) in [7, 11) is -0.478. The molecule has 0 radical (unpaired) electrons. The van der Waals surface area contributed by atoms with Crippen molar-refractivity contribution in [3.8, 4) is 11.5 Å². The van der Waals surface area contributed by atoms with Crippen molar-refractivity contribution < 1.29 is 27.1 Å². The summed E-state index contributed by atoms with van der Waals surface area (Å²) < 4.78 is 51.1. The van der Waals surface area contributed by atoms with Crippen molar-refractivity contribution in [1.29, 1.82) is 0 Å². The minimum absolute atomic E-state index is 0.0767. The van der Waals surface area contributed by atoms with Crippen molar-refractivity contribution in [2.45, 2.75) is 6.42 Å². The van der Waals surface area contributed by atoms with Crippen molar-refractivity contribution in [3.63, 3.8) is 0 Å². The van der Waals surface area contributed by atoms with E-state index in [-0.39, 0.29) is 30.4 Å². The largest absolute Gasteiger partial charge is 0.497 e. The summed E-state index contributed by atoms with van der Waals surface area (Å²) in [5, 5.41) is 2.73. The van der Waals surface area contributed by atoms with Gasteiger partial charge in [0.15, 0.2) is 0 Å². The summed E-state index contributed by atoms with van der Waals surface area (Å²) in [5.74, 6) is 0.211. The Balaban J connectivity index is 1.47. The second-order valence-corrected chi connectivity index (χ2v) is 9.42. The SMILES string of the molecule is COc1ccc(C(=O)NCCCS(=O)(=O)N2CCN(c3ccccc3F)CC2)c(OC)c1. The molecule has 8 nitrogen and oxygen atoms in total. The molecule has 1 N–H and O–H groups in total. The lowest BCUT2D eigenvalue weighted by Crippen LogP contribution is -2.49. The number of halogens is 1. The highest BCUT2D eigenvalue weighted by Gasteiger charge is 2.27. The van der Waals surface area contributed by atoms with Crippen LogP contribution in [0.3, 0.4) is 0 Å². The number of hydrogen-bond donors (Lipinski definition) is 1. The van der Waals surface area contributed by atoms with Gasteiger partial charge in [0.25, 0.3) is 5.91 Å². The van der Waals surface area contributed by atoms with Gasteiger partial charge in [-0.15, -0.1) is 0 Å². The predicted molar refractivity (Wildman–Crippen MR) is 120 cm³/mol. The number of carbonyl (C=O) groups excluding carboxylic acids is 1. The van der Waals surface area contributed by atoms with Crippen LogP contribution in [-0.4, -0.2) is 71.3 Å². The number of benzene rings is 2. The average Bonchev–Trinajstić information content (AvgIpc) is 2.81. The fraction of sp³-hybridized carbons (Fsp3) is 0.409. The Morgan fingerprint density at radius 1 is 1.06 bits per heavy atom. The van der Waals surface area contributed by atoms with E-state index in [2.05, 4.69) is 5.32 Å². The molecule has 0 unspecified atom stereocenters. The third-order valence-corrected chi connectivity index (χ3v) is 7.30. The van der Waals surface area contributed by atoms with Crippen LogP contribution in [0.25, 0.3) is 0 Å². The summed E-state index contributed by atoms with van der Waals surface area (Å²) in [6.07, 6.45) is 0.278. The number of nitrogens with zero attached hydrogens (tertiary/aromatic N) is 2. The highest BCUT2D eigenvalue weighted by Crippen LogP contribution is 2.24. The maximum absolute atomic E-state index is 14.0. The summed E-state index contributed by atoms with van der Waals surface area (Å²) in [6, 6.07) is 11.3. The van der Waals surface area contributed by atoms with E-state index in [4.69, 9.17) is 9.47 Å². The molecule has 0 bridgehead atoms. The molecule has 0 spiro atoms. The van der Waals surface area contributed by atoms with Crippen LogP contribution in [0.15, 0.2) is 42.5 Å². The van der Waals surface area contributed by atoms with Gasteiger partial charge in [0.1, 0.15) is 17.3 Å². The van der Waals surface area contributed by atoms with Crippen LogP contribution in [0.2, 0.25) is 0 Å². The van der Waals surface area contributed by atoms with Gasteiger partial charge in [-0.05, 0) is 30.7 Å². The van der Waals surface area contributed by atoms with Crippen molar-refractivity contribution >= 4 is 21.6 Å². The normalized spacial score (nSPS) is 14.8. The maximum atomic E-state index is 14.0. The number of methoxy groups -OCH3 is 2. The molecular formula is C22H28FN3O5S. The molecule has 3 rings (SSSR count). The molecule has 2 aromatic carbocycles. The first kappa shape index (κ1) is 23.8. The number of anilines is 1. The van der Waals surface area contributed by atoms with E-state index in [9.17, 15) is 17.6 Å². The molecule has 0 saturated carbocycles. The van der Waals surface area contributed by atoms with Crippen molar-refractivity contribution in [2.24, 2.45) is 0 Å². The molecular weight excluding hydrogens is 437 g/mol. The molecule has 0 atom stereocenters. The summed E-state index contributed by atoms with van der Waals surface area (Å²) >= 11 is 0. The van der Waals surface area contributed by atoms with Crippen LogP contribution in [0, 0.1) is 5.82 Å². The Bertz CT molecular complexity index is 1040. The van der Waals surface area contributed by atoms with E-state index < -0.39 is 10.0 Å². The Morgan fingerprint density at radius 2 is 1.78 bits per heavy atom. The number of piperazine rings is 1. The van der Waals surface area contributed by atoms with E-state index in [0.717, 1.165) is 0 Å². The van der Waals surface area contributed by atoms with E-state index in [1.807, 2.05) is 4.90 Å². The van der Waals surface area contributed by atoms with Crippen LogP contribution in [0.4, 0.5) is 10.1 Å². The van der Waals surface area contributed by atoms with E-state index in [1.165, 1.54) is 24.6 Å². The monoisotopic (exact) mass is 465 g/mol. The summed E-state index contributed by atoms with van der Waals surface area (Å²) in [5.41, 5.74) is 0.835. The lowest BCUT2D eigenvalue weighted by molar-refractivity contribution is 0.0950. The Kier molecular flexibility index (Phi) is 7.92. The van der Waals surface area contributed by atoms with Gasteiger partial charge in [-0.1, -0.05) is 12.1 Å². The number of carbonyl (C=O) groups is 1. The van der Waals surface area contributed by atoms with E-state index in [1.54, 1.807) is 36.4 Å². The first-order valence-electron chi connectivity index (χ1n) is 10.3. The number of ether oxygens (including phenoxy) is 2.